The molecule has 0 unspecified atom stereocenters. The van der Waals surface area contributed by atoms with Crippen LogP contribution in [0.5, 0.6) is 0 Å². The Morgan fingerprint density at radius 3 is 3.00 bits per heavy atom. The molecule has 1 N–H and O–H groups in total. The van der Waals surface area contributed by atoms with Gasteiger partial charge in [0.2, 0.25) is 0 Å². The van der Waals surface area contributed by atoms with E-state index in [9.17, 15) is 0 Å². The summed E-state index contributed by atoms with van der Waals surface area (Å²) in [5, 5.41) is 2.83. The van der Waals surface area contributed by atoms with Crippen LogP contribution >= 0.6 is 12.6 Å². The number of hydrogen-bond acceptors (Lipinski definition) is 3. The highest BCUT2D eigenvalue weighted by atomic mass is 32.1. The third-order valence-electron chi connectivity index (χ3n) is 0.691. The number of thiol groups is 1. The summed E-state index contributed by atoms with van der Waals surface area (Å²) in [6, 6.07) is 0. The van der Waals surface area contributed by atoms with Crippen LogP contribution in [0.4, 0.5) is 0 Å². The van der Waals surface area contributed by atoms with Crippen molar-refractivity contribution in [3.8, 4) is 0 Å². The molecule has 0 fully saturated rings. The SMILES string of the molecule is CN/C=C\N=C\CCS. The fourth-order valence-corrected chi connectivity index (χ4v) is 0.426. The molecule has 0 bridgehead atoms. The van der Waals surface area contributed by atoms with Crippen LogP contribution in [0.2, 0.25) is 0 Å². The van der Waals surface area contributed by atoms with Gasteiger partial charge in [-0.25, -0.2) is 0 Å². The number of rotatable bonds is 4. The number of aliphatic imine (C=N–C) groups is 1. The maximum atomic E-state index is 4.01. The molecule has 0 aliphatic carbocycles. The molecule has 0 heterocycles. The van der Waals surface area contributed by atoms with Crippen molar-refractivity contribution < 1.29 is 0 Å². The van der Waals surface area contributed by atoms with Crippen molar-refractivity contribution in [2.24, 2.45) is 4.99 Å². The zero-order valence-corrected chi connectivity index (χ0v) is 6.44. The first-order valence-corrected chi connectivity index (χ1v) is 3.50. The van der Waals surface area contributed by atoms with E-state index in [4.69, 9.17) is 0 Å². The Morgan fingerprint density at radius 1 is 1.67 bits per heavy atom. The lowest BCUT2D eigenvalue weighted by atomic mass is 10.5. The molecule has 0 saturated heterocycles. The Bertz CT molecular complexity index is 99.2. The van der Waals surface area contributed by atoms with Gasteiger partial charge in [0.1, 0.15) is 0 Å². The van der Waals surface area contributed by atoms with Gasteiger partial charge in [0.25, 0.3) is 0 Å². The molecule has 3 heteroatoms. The smallest absolute Gasteiger partial charge is 0.0420 e. The van der Waals surface area contributed by atoms with Crippen molar-refractivity contribution in [2.45, 2.75) is 6.42 Å². The average molecular weight is 144 g/mol. The van der Waals surface area contributed by atoms with Crippen LogP contribution in [0, 0.1) is 0 Å². The molecule has 0 aromatic rings. The highest BCUT2D eigenvalue weighted by molar-refractivity contribution is 7.80. The Balaban J connectivity index is 3.13. The van der Waals surface area contributed by atoms with E-state index in [-0.39, 0.29) is 0 Å². The van der Waals surface area contributed by atoms with E-state index in [0.717, 1.165) is 12.2 Å². The van der Waals surface area contributed by atoms with Gasteiger partial charge in [-0.1, -0.05) is 0 Å². The van der Waals surface area contributed by atoms with Crippen molar-refractivity contribution >= 4 is 18.8 Å². The average Bonchev–Trinajstić information content (AvgIpc) is 1.89. The maximum Gasteiger partial charge on any atom is 0.0420 e. The van der Waals surface area contributed by atoms with Gasteiger partial charge < -0.3 is 5.32 Å². The Kier molecular flexibility index (Phi) is 7.19. The largest absolute Gasteiger partial charge is 0.393 e. The second-order valence-electron chi connectivity index (χ2n) is 1.45. The molecule has 0 aliphatic rings. The zero-order chi connectivity index (χ0) is 6.95. The first-order valence-electron chi connectivity index (χ1n) is 2.86. The van der Waals surface area contributed by atoms with E-state index < -0.39 is 0 Å². The lowest BCUT2D eigenvalue weighted by Gasteiger charge is -1.81. The van der Waals surface area contributed by atoms with E-state index in [2.05, 4.69) is 22.9 Å². The lowest BCUT2D eigenvalue weighted by molar-refractivity contribution is 1.09. The van der Waals surface area contributed by atoms with Gasteiger partial charge in [-0.2, -0.15) is 12.6 Å². The molecular formula is C6H12N2S. The van der Waals surface area contributed by atoms with Gasteiger partial charge in [-0.15, -0.1) is 0 Å². The Morgan fingerprint density at radius 2 is 2.44 bits per heavy atom. The molecule has 0 rings (SSSR count). The Hall–Kier alpha value is -0.440. The Labute approximate surface area is 61.5 Å². The molecule has 52 valence electrons. The number of nitrogens with zero attached hydrogens (tertiary/aromatic N) is 1. The van der Waals surface area contributed by atoms with Gasteiger partial charge >= 0.3 is 0 Å². The minimum absolute atomic E-state index is 0.858. The van der Waals surface area contributed by atoms with Crippen LogP contribution in [0.25, 0.3) is 0 Å². The van der Waals surface area contributed by atoms with Crippen molar-refractivity contribution in [3.63, 3.8) is 0 Å². The van der Waals surface area contributed by atoms with Gasteiger partial charge in [-0.3, -0.25) is 4.99 Å². The van der Waals surface area contributed by atoms with Crippen LogP contribution in [-0.2, 0) is 0 Å². The number of hydrogen-bond donors (Lipinski definition) is 2. The van der Waals surface area contributed by atoms with Gasteiger partial charge in [0, 0.05) is 25.7 Å². The highest BCUT2D eigenvalue weighted by Gasteiger charge is 1.69. The minimum Gasteiger partial charge on any atom is -0.393 e. The summed E-state index contributed by atoms with van der Waals surface area (Å²) in [6.07, 6.45) is 6.25. The minimum atomic E-state index is 0.858. The summed E-state index contributed by atoms with van der Waals surface area (Å²) < 4.78 is 0. The molecule has 9 heavy (non-hydrogen) atoms. The van der Waals surface area contributed by atoms with E-state index >= 15 is 0 Å². The summed E-state index contributed by atoms with van der Waals surface area (Å²) in [6.45, 7) is 0. The van der Waals surface area contributed by atoms with Crippen molar-refractivity contribution in [1.29, 1.82) is 0 Å². The van der Waals surface area contributed by atoms with Gasteiger partial charge in [-0.05, 0) is 12.2 Å². The summed E-state index contributed by atoms with van der Waals surface area (Å²) in [7, 11) is 1.84. The molecule has 0 radical (unpaired) electrons. The van der Waals surface area contributed by atoms with Crippen LogP contribution in [0.3, 0.4) is 0 Å². The molecule has 0 aliphatic heterocycles. The second kappa shape index (κ2) is 7.56. The van der Waals surface area contributed by atoms with Crippen LogP contribution in [-0.4, -0.2) is 19.0 Å². The summed E-state index contributed by atoms with van der Waals surface area (Å²) in [5.41, 5.74) is 0. The molecule has 0 saturated carbocycles. The maximum absolute atomic E-state index is 4.01. The fourth-order valence-electron chi connectivity index (χ4n) is 0.311. The van der Waals surface area contributed by atoms with E-state index in [1.54, 1.807) is 12.4 Å². The normalized spacial score (nSPS) is 11.3. The first kappa shape index (κ1) is 8.56. The molecule has 0 amide bonds. The monoisotopic (exact) mass is 144 g/mol. The quantitative estimate of drug-likeness (QED) is 0.447. The molecule has 0 atom stereocenters. The third kappa shape index (κ3) is 7.56. The zero-order valence-electron chi connectivity index (χ0n) is 5.54. The van der Waals surface area contributed by atoms with Crippen molar-refractivity contribution in [3.05, 3.63) is 12.4 Å². The third-order valence-corrected chi connectivity index (χ3v) is 0.949. The number of nitrogens with one attached hydrogen (secondary N) is 1. The molecular weight excluding hydrogens is 132 g/mol. The van der Waals surface area contributed by atoms with E-state index in [0.29, 0.717) is 0 Å². The lowest BCUT2D eigenvalue weighted by Crippen LogP contribution is -1.89. The highest BCUT2D eigenvalue weighted by Crippen LogP contribution is 1.78. The second-order valence-corrected chi connectivity index (χ2v) is 1.90. The van der Waals surface area contributed by atoms with E-state index in [1.807, 2.05) is 13.3 Å². The predicted molar refractivity (Wildman–Crippen MR) is 45.2 cm³/mol. The van der Waals surface area contributed by atoms with Crippen molar-refractivity contribution in [1.82, 2.24) is 5.32 Å². The van der Waals surface area contributed by atoms with Gasteiger partial charge in [0.15, 0.2) is 0 Å². The summed E-state index contributed by atoms with van der Waals surface area (Å²) in [5.74, 6) is 0.858. The van der Waals surface area contributed by atoms with Gasteiger partial charge in [0.05, 0.1) is 0 Å². The van der Waals surface area contributed by atoms with Crippen molar-refractivity contribution in [2.75, 3.05) is 12.8 Å². The van der Waals surface area contributed by atoms with Crippen LogP contribution in [0.15, 0.2) is 17.4 Å². The van der Waals surface area contributed by atoms with Crippen LogP contribution in [0.1, 0.15) is 6.42 Å². The molecule has 0 aromatic carbocycles. The topological polar surface area (TPSA) is 24.4 Å². The van der Waals surface area contributed by atoms with E-state index in [1.165, 1.54) is 0 Å². The first-order chi connectivity index (χ1) is 4.41. The summed E-state index contributed by atoms with van der Waals surface area (Å²) in [4.78, 5) is 3.93. The molecule has 0 aromatic heterocycles. The molecule has 2 nitrogen and oxygen atoms in total. The molecule has 0 spiro atoms. The standard InChI is InChI=1S/C6H12N2S/c1-7-4-5-8-3-2-6-9/h3-5,7,9H,2,6H2,1H3/b5-4-,8-3+. The summed E-state index contributed by atoms with van der Waals surface area (Å²) >= 11 is 4.01. The fraction of sp³-hybridized carbons (Fsp3) is 0.500. The predicted octanol–water partition coefficient (Wildman–Crippen LogP) is 1.07. The van der Waals surface area contributed by atoms with Crippen LogP contribution < -0.4 is 5.32 Å².